The largest absolute Gasteiger partial charge is 0.467 e. The molecule has 1 N–H and O–H groups in total. The van der Waals surface area contributed by atoms with Crippen molar-refractivity contribution < 1.29 is 19.5 Å². The Morgan fingerprint density at radius 3 is 2.56 bits per heavy atom. The van der Waals surface area contributed by atoms with Gasteiger partial charge in [-0.15, -0.1) is 0 Å². The first-order valence-electron chi connectivity index (χ1n) is 8.25. The lowest BCUT2D eigenvalue weighted by molar-refractivity contribution is -0.142. The quantitative estimate of drug-likeness (QED) is 0.351. The highest BCUT2D eigenvalue weighted by Crippen LogP contribution is 2.32. The van der Waals surface area contributed by atoms with Crippen molar-refractivity contribution in [3.8, 4) is 0 Å². The molecule has 0 radical (unpaired) electrons. The van der Waals surface area contributed by atoms with Gasteiger partial charge in [-0.3, -0.25) is 9.69 Å². The molecule has 7 heteroatoms. The molecular formula is C20H21ClN2O4. The van der Waals surface area contributed by atoms with Crippen LogP contribution in [0.2, 0.25) is 0 Å². The predicted molar refractivity (Wildman–Crippen MR) is 106 cm³/mol. The van der Waals surface area contributed by atoms with E-state index in [1.54, 1.807) is 6.92 Å². The van der Waals surface area contributed by atoms with Gasteiger partial charge in [0.25, 0.3) is 5.91 Å². The predicted octanol–water partition coefficient (Wildman–Crippen LogP) is 4.02. The number of benzene rings is 2. The van der Waals surface area contributed by atoms with Gasteiger partial charge >= 0.3 is 5.97 Å². The highest BCUT2D eigenvalue weighted by Gasteiger charge is 2.33. The van der Waals surface area contributed by atoms with E-state index in [0.29, 0.717) is 5.69 Å². The molecule has 2 rings (SSSR count). The van der Waals surface area contributed by atoms with E-state index in [1.807, 2.05) is 43.3 Å². The van der Waals surface area contributed by atoms with Crippen molar-refractivity contribution in [3.63, 3.8) is 0 Å². The zero-order valence-corrected chi connectivity index (χ0v) is 16.2. The number of aryl methyl sites for hydroxylation is 1. The maximum absolute atomic E-state index is 13.2. The molecule has 2 aromatic carbocycles. The summed E-state index contributed by atoms with van der Waals surface area (Å²) in [4.78, 5) is 26.7. The molecule has 0 saturated heterocycles. The topological polar surface area (TPSA) is 79.2 Å². The zero-order chi connectivity index (χ0) is 20.1. The second-order valence-corrected chi connectivity index (χ2v) is 6.60. The van der Waals surface area contributed by atoms with Gasteiger partial charge in [0.2, 0.25) is 0 Å². The van der Waals surface area contributed by atoms with Crippen LogP contribution in [0.1, 0.15) is 18.9 Å². The number of carbonyl (C=O) groups is 2. The van der Waals surface area contributed by atoms with Crippen molar-refractivity contribution in [2.45, 2.75) is 26.3 Å². The third kappa shape index (κ3) is 4.28. The summed E-state index contributed by atoms with van der Waals surface area (Å²) in [6.07, 6.45) is -0.134. The van der Waals surface area contributed by atoms with Crippen LogP contribution in [0.3, 0.4) is 0 Å². The first-order valence-corrected chi connectivity index (χ1v) is 8.63. The van der Waals surface area contributed by atoms with Crippen LogP contribution in [0.4, 0.5) is 5.69 Å². The summed E-state index contributed by atoms with van der Waals surface area (Å²) in [5, 5.41) is 14.2. The van der Waals surface area contributed by atoms with Crippen molar-refractivity contribution in [2.24, 2.45) is 5.16 Å². The Hall–Kier alpha value is -2.86. The van der Waals surface area contributed by atoms with E-state index in [-0.39, 0.29) is 17.2 Å². The number of hydrogen-bond acceptors (Lipinski definition) is 5. The average molecular weight is 389 g/mol. The summed E-state index contributed by atoms with van der Waals surface area (Å²) in [6.45, 7) is 6.92. The summed E-state index contributed by atoms with van der Waals surface area (Å²) in [7, 11) is 1.25. The molecule has 0 bridgehead atoms. The Morgan fingerprint density at radius 1 is 1.30 bits per heavy atom. The number of esters is 1. The van der Waals surface area contributed by atoms with Gasteiger partial charge in [-0.25, -0.2) is 4.79 Å². The third-order valence-corrected chi connectivity index (χ3v) is 4.35. The number of fused-ring (bicyclic) bond motifs is 1. The Labute approximate surface area is 162 Å². The molecule has 2 aromatic rings. The fourth-order valence-corrected chi connectivity index (χ4v) is 3.03. The second-order valence-electron chi connectivity index (χ2n) is 6.07. The highest BCUT2D eigenvalue weighted by molar-refractivity contribution is 6.47. The van der Waals surface area contributed by atoms with Gasteiger partial charge in [0.15, 0.2) is 0 Å². The fourth-order valence-electron chi connectivity index (χ4n) is 2.91. The van der Waals surface area contributed by atoms with Crippen LogP contribution < -0.4 is 4.90 Å². The maximum Gasteiger partial charge on any atom is 0.328 e. The minimum absolute atomic E-state index is 0.134. The van der Waals surface area contributed by atoms with Gasteiger partial charge in [-0.05, 0) is 24.8 Å². The number of hydrogen-bond donors (Lipinski definition) is 1. The molecule has 142 valence electrons. The van der Waals surface area contributed by atoms with Crippen molar-refractivity contribution in [3.05, 3.63) is 53.6 Å². The van der Waals surface area contributed by atoms with Gasteiger partial charge in [0, 0.05) is 16.8 Å². The van der Waals surface area contributed by atoms with E-state index in [0.717, 1.165) is 16.3 Å². The van der Waals surface area contributed by atoms with Crippen molar-refractivity contribution in [1.82, 2.24) is 0 Å². The van der Waals surface area contributed by atoms with E-state index in [4.69, 9.17) is 16.3 Å². The van der Waals surface area contributed by atoms with Crippen LogP contribution in [0.25, 0.3) is 10.8 Å². The second kappa shape index (κ2) is 8.68. The smallest absolute Gasteiger partial charge is 0.328 e. The molecule has 6 nitrogen and oxygen atoms in total. The Morgan fingerprint density at radius 2 is 1.96 bits per heavy atom. The summed E-state index contributed by atoms with van der Waals surface area (Å²) in [5.41, 5.74) is 1.09. The van der Waals surface area contributed by atoms with Crippen molar-refractivity contribution >= 4 is 45.6 Å². The zero-order valence-electron chi connectivity index (χ0n) is 15.4. The molecule has 0 saturated carbocycles. The number of ether oxygens (including phenoxy) is 1. The van der Waals surface area contributed by atoms with E-state index in [2.05, 4.69) is 11.7 Å². The SMILES string of the molecule is C=C(Cl)CC(=NO)C(=O)N(c1c(C)ccc2ccccc12)C(C)C(=O)OC. The van der Waals surface area contributed by atoms with Crippen molar-refractivity contribution in [2.75, 3.05) is 12.0 Å². The molecule has 0 aromatic heterocycles. The summed E-state index contributed by atoms with van der Waals surface area (Å²) >= 11 is 5.79. The molecule has 0 heterocycles. The van der Waals surface area contributed by atoms with Gasteiger partial charge in [0.05, 0.1) is 12.8 Å². The number of methoxy groups -OCH3 is 1. The number of halogens is 1. The van der Waals surface area contributed by atoms with Gasteiger partial charge < -0.3 is 9.94 Å². The number of carbonyl (C=O) groups excluding carboxylic acids is 2. The maximum atomic E-state index is 13.2. The lowest BCUT2D eigenvalue weighted by Gasteiger charge is -2.30. The first kappa shape index (κ1) is 20.5. The Balaban J connectivity index is 2.71. The molecule has 0 spiro atoms. The van der Waals surface area contributed by atoms with E-state index in [9.17, 15) is 14.8 Å². The van der Waals surface area contributed by atoms with E-state index < -0.39 is 17.9 Å². The average Bonchev–Trinajstić information content (AvgIpc) is 2.66. The first-order chi connectivity index (χ1) is 12.8. The molecule has 1 unspecified atom stereocenters. The lowest BCUT2D eigenvalue weighted by Crippen LogP contribution is -2.47. The molecule has 1 amide bonds. The molecule has 0 aliphatic heterocycles. The van der Waals surface area contributed by atoms with E-state index in [1.165, 1.54) is 12.0 Å². The van der Waals surface area contributed by atoms with Crippen LogP contribution >= 0.6 is 11.6 Å². The molecular weight excluding hydrogens is 368 g/mol. The summed E-state index contributed by atoms with van der Waals surface area (Å²) in [6, 6.07) is 10.3. The van der Waals surface area contributed by atoms with Crippen LogP contribution in [0.5, 0.6) is 0 Å². The monoisotopic (exact) mass is 388 g/mol. The van der Waals surface area contributed by atoms with Crippen molar-refractivity contribution in [1.29, 1.82) is 0 Å². The van der Waals surface area contributed by atoms with Gasteiger partial charge in [-0.2, -0.15) is 0 Å². The number of oxime groups is 1. The van der Waals surface area contributed by atoms with Crippen LogP contribution in [0, 0.1) is 6.92 Å². The van der Waals surface area contributed by atoms with E-state index >= 15 is 0 Å². The Kier molecular flexibility index (Phi) is 6.58. The van der Waals surface area contributed by atoms with Gasteiger partial charge in [0.1, 0.15) is 11.8 Å². The van der Waals surface area contributed by atoms with Crippen LogP contribution in [-0.4, -0.2) is 35.9 Å². The molecule has 0 aliphatic carbocycles. The summed E-state index contributed by atoms with van der Waals surface area (Å²) in [5.74, 6) is -1.26. The minimum atomic E-state index is -0.952. The number of nitrogens with zero attached hydrogens (tertiary/aromatic N) is 2. The number of allylic oxidation sites excluding steroid dienone is 1. The molecule has 27 heavy (non-hydrogen) atoms. The fraction of sp³-hybridized carbons (Fsp3) is 0.250. The third-order valence-electron chi connectivity index (χ3n) is 4.22. The number of amides is 1. The Bertz CT molecular complexity index is 923. The number of rotatable bonds is 6. The molecule has 0 fully saturated rings. The summed E-state index contributed by atoms with van der Waals surface area (Å²) < 4.78 is 4.83. The standard InChI is InChI=1S/C20H21ClN2O4/c1-12-9-10-15-7-5-6-8-16(15)18(12)23(14(3)20(25)27-4)19(24)17(22-26)11-13(2)21/h5-10,14,26H,2,11H2,1,3-4H3. The van der Waals surface area contributed by atoms with Crippen LogP contribution in [-0.2, 0) is 14.3 Å². The van der Waals surface area contributed by atoms with Crippen LogP contribution in [0.15, 0.2) is 53.2 Å². The number of anilines is 1. The lowest BCUT2D eigenvalue weighted by atomic mass is 10.0. The van der Waals surface area contributed by atoms with Gasteiger partial charge in [-0.1, -0.05) is 59.7 Å². The highest BCUT2D eigenvalue weighted by atomic mass is 35.5. The molecule has 0 aliphatic rings. The minimum Gasteiger partial charge on any atom is -0.467 e. The normalized spacial score (nSPS) is 12.5. The molecule has 1 atom stereocenters.